The molecular weight excluding hydrogens is 673 g/mol. The zero-order valence-electron chi connectivity index (χ0n) is 36.1. The van der Waals surface area contributed by atoms with Crippen LogP contribution < -0.4 is 0 Å². The van der Waals surface area contributed by atoms with E-state index in [1.165, 1.54) is 55.5 Å². The number of hydrogen-bond acceptors (Lipinski definition) is 3. The van der Waals surface area contributed by atoms with Gasteiger partial charge in [0.25, 0.3) is 0 Å². The number of benzene rings is 5. The van der Waals surface area contributed by atoms with Gasteiger partial charge in [0.1, 0.15) is 0 Å². The molecule has 0 aliphatic carbocycles. The maximum Gasteiger partial charge on any atom is 0.336 e. The lowest BCUT2D eigenvalue weighted by Crippen LogP contribution is -2.08. The number of carboxylic acid groups (broad SMARTS) is 3. The van der Waals surface area contributed by atoms with Crippen LogP contribution in [0.3, 0.4) is 0 Å². The third-order valence-electron chi connectivity index (χ3n) is 13.2. The molecule has 6 nitrogen and oxygen atoms in total. The van der Waals surface area contributed by atoms with Crippen LogP contribution in [0.4, 0.5) is 0 Å². The highest BCUT2D eigenvalue weighted by Crippen LogP contribution is 2.39. The van der Waals surface area contributed by atoms with Gasteiger partial charge in [-0.25, -0.2) is 14.4 Å². The summed E-state index contributed by atoms with van der Waals surface area (Å²) in [4.78, 5) is 34.4. The van der Waals surface area contributed by atoms with Crippen LogP contribution in [-0.4, -0.2) is 33.2 Å². The Morgan fingerprint density at radius 3 is 0.722 bits per heavy atom. The van der Waals surface area contributed by atoms with E-state index in [2.05, 4.69) is 55.4 Å². The summed E-state index contributed by atoms with van der Waals surface area (Å²) in [6.07, 6.45) is 0. The Balaban J connectivity index is 0.000000222. The lowest BCUT2D eigenvalue weighted by atomic mass is 9.83. The predicted molar refractivity (Wildman–Crippen MR) is 225 cm³/mol. The highest BCUT2D eigenvalue weighted by Gasteiger charge is 2.23. The van der Waals surface area contributed by atoms with E-state index in [-0.39, 0.29) is 0 Å². The Bertz CT molecular complexity index is 2380. The molecule has 0 heterocycles. The van der Waals surface area contributed by atoms with Gasteiger partial charge in [-0.3, -0.25) is 0 Å². The van der Waals surface area contributed by atoms with Crippen molar-refractivity contribution in [2.45, 2.75) is 132 Å². The van der Waals surface area contributed by atoms with Crippen LogP contribution >= 0.6 is 0 Å². The van der Waals surface area contributed by atoms with Crippen LogP contribution in [0.5, 0.6) is 0 Å². The average molecular weight is 733 g/mol. The van der Waals surface area contributed by atoms with E-state index in [4.69, 9.17) is 5.11 Å². The lowest BCUT2D eigenvalue weighted by molar-refractivity contribution is 0.0684. The molecule has 3 N–H and O–H groups in total. The molecular formula is C48H60O6. The summed E-state index contributed by atoms with van der Waals surface area (Å²) in [5, 5.41) is 32.6. The van der Waals surface area contributed by atoms with Crippen molar-refractivity contribution in [1.29, 1.82) is 0 Å². The summed E-state index contributed by atoms with van der Waals surface area (Å²) in [7, 11) is 0. The van der Waals surface area contributed by atoms with E-state index in [9.17, 15) is 24.6 Å². The molecule has 5 aromatic carbocycles. The molecule has 0 unspecified atom stereocenters. The maximum absolute atomic E-state index is 11.8. The molecule has 0 atom stereocenters. The SMILES string of the molecule is Cc1c(C)c(C)c(C(=O)O)c(C)c1C.Cc1c(C)c(C)c2c(C(=O)O)c(C)c(C)c(C)c2c1C.Cc1c(C)c(C)c2c(C)c(C(=O)O)c(C)c(C)c2c1C. The molecule has 0 bridgehead atoms. The fraction of sp³-hybridized carbons (Fsp3) is 0.396. The minimum absolute atomic E-state index is 0.459. The molecule has 0 aliphatic heterocycles. The third-order valence-corrected chi connectivity index (χ3v) is 13.2. The van der Waals surface area contributed by atoms with Crippen molar-refractivity contribution in [3.8, 4) is 0 Å². The number of fused-ring (bicyclic) bond motifs is 2. The normalized spacial score (nSPS) is 10.9. The van der Waals surface area contributed by atoms with Crippen molar-refractivity contribution in [3.63, 3.8) is 0 Å². The van der Waals surface area contributed by atoms with Crippen LogP contribution in [0.25, 0.3) is 21.5 Å². The van der Waals surface area contributed by atoms with E-state index in [0.717, 1.165) is 71.8 Å². The average Bonchev–Trinajstić information content (AvgIpc) is 3.10. The van der Waals surface area contributed by atoms with Gasteiger partial charge in [0, 0.05) is 5.39 Å². The summed E-state index contributed by atoms with van der Waals surface area (Å²) in [5.74, 6) is -2.49. The molecule has 0 radical (unpaired) electrons. The van der Waals surface area contributed by atoms with Gasteiger partial charge in [-0.05, 0) is 253 Å². The Hall–Kier alpha value is -4.97. The number of carboxylic acids is 3. The van der Waals surface area contributed by atoms with Crippen molar-refractivity contribution in [2.75, 3.05) is 0 Å². The number of carbonyl (C=O) groups is 3. The Kier molecular flexibility index (Phi) is 12.7. The minimum atomic E-state index is -0.833. The second-order valence-corrected chi connectivity index (χ2v) is 15.4. The minimum Gasteiger partial charge on any atom is -0.478 e. The predicted octanol–water partition coefficient (Wildman–Crippen LogP) is 12.3. The van der Waals surface area contributed by atoms with Gasteiger partial charge >= 0.3 is 17.9 Å². The van der Waals surface area contributed by atoms with E-state index in [1.54, 1.807) is 0 Å². The number of aromatic carboxylic acids is 3. The second kappa shape index (κ2) is 15.8. The molecule has 0 saturated heterocycles. The van der Waals surface area contributed by atoms with Gasteiger partial charge in [-0.2, -0.15) is 0 Å². The van der Waals surface area contributed by atoms with Crippen LogP contribution in [-0.2, 0) is 0 Å². The van der Waals surface area contributed by atoms with Gasteiger partial charge in [-0.1, -0.05) is 0 Å². The van der Waals surface area contributed by atoms with Crippen molar-refractivity contribution in [2.24, 2.45) is 0 Å². The van der Waals surface area contributed by atoms with E-state index < -0.39 is 17.9 Å². The molecule has 6 heteroatoms. The molecule has 0 spiro atoms. The smallest absolute Gasteiger partial charge is 0.336 e. The molecule has 0 fully saturated rings. The van der Waals surface area contributed by atoms with Crippen molar-refractivity contribution < 1.29 is 29.7 Å². The summed E-state index contributed by atoms with van der Waals surface area (Å²) in [6, 6.07) is 0. The maximum atomic E-state index is 11.8. The number of hydrogen-bond donors (Lipinski definition) is 3. The molecule has 0 saturated carbocycles. The monoisotopic (exact) mass is 732 g/mol. The zero-order chi connectivity index (χ0) is 41.7. The first kappa shape index (κ1) is 43.4. The van der Waals surface area contributed by atoms with Gasteiger partial charge in [0.2, 0.25) is 0 Å². The quantitative estimate of drug-likeness (QED) is 0.170. The fourth-order valence-electron chi connectivity index (χ4n) is 8.38. The standard InChI is InChI=1S/2C18H22O2.C12H16O2/c1-8-9(2)13(6)16-15(11(8)4)12(5)10(3)14(7)17(16)18(19)20;1-8-9(2)11(4)16-14(7)17(18(19)20)13(6)12(5)15(16)10(8)3;1-6-7(2)9(4)11(12(13)14)10(5)8(6)3/h2*1-7H3,(H,19,20);1-5H3,(H,13,14). The summed E-state index contributed by atoms with van der Waals surface area (Å²) >= 11 is 0. The highest BCUT2D eigenvalue weighted by molar-refractivity contribution is 6.10. The molecule has 5 aromatic rings. The van der Waals surface area contributed by atoms with E-state index in [1.807, 2.05) is 76.2 Å². The van der Waals surface area contributed by atoms with Gasteiger partial charge in [0.05, 0.1) is 16.7 Å². The topological polar surface area (TPSA) is 112 Å². The lowest BCUT2D eigenvalue weighted by Gasteiger charge is -2.21. The van der Waals surface area contributed by atoms with E-state index in [0.29, 0.717) is 16.7 Å². The third kappa shape index (κ3) is 7.03. The summed E-state index contributed by atoms with van der Waals surface area (Å²) in [6.45, 7) is 38.4. The van der Waals surface area contributed by atoms with Crippen LogP contribution in [0.2, 0.25) is 0 Å². The highest BCUT2D eigenvalue weighted by atomic mass is 16.4. The Morgan fingerprint density at radius 2 is 0.389 bits per heavy atom. The molecule has 0 amide bonds. The van der Waals surface area contributed by atoms with Gasteiger partial charge < -0.3 is 15.3 Å². The first-order valence-corrected chi connectivity index (χ1v) is 18.5. The Morgan fingerprint density at radius 1 is 0.222 bits per heavy atom. The Labute approximate surface area is 322 Å². The summed E-state index contributed by atoms with van der Waals surface area (Å²) < 4.78 is 0. The zero-order valence-corrected chi connectivity index (χ0v) is 36.1. The van der Waals surface area contributed by atoms with Crippen LogP contribution in [0, 0.1) is 132 Å². The number of aryl methyl sites for hydroxylation is 7. The second-order valence-electron chi connectivity index (χ2n) is 15.4. The first-order valence-electron chi connectivity index (χ1n) is 18.5. The van der Waals surface area contributed by atoms with Crippen LogP contribution in [0.1, 0.15) is 137 Å². The molecule has 54 heavy (non-hydrogen) atoms. The van der Waals surface area contributed by atoms with Crippen molar-refractivity contribution >= 4 is 39.5 Å². The van der Waals surface area contributed by atoms with Gasteiger partial charge in [-0.15, -0.1) is 0 Å². The molecule has 0 aromatic heterocycles. The van der Waals surface area contributed by atoms with Crippen molar-refractivity contribution in [1.82, 2.24) is 0 Å². The van der Waals surface area contributed by atoms with Crippen LogP contribution in [0.15, 0.2) is 0 Å². The largest absolute Gasteiger partial charge is 0.478 e. The number of rotatable bonds is 3. The summed E-state index contributed by atoms with van der Waals surface area (Å²) in [5.41, 5.74) is 22.3. The fourth-order valence-corrected chi connectivity index (χ4v) is 8.38. The van der Waals surface area contributed by atoms with Gasteiger partial charge in [0.15, 0.2) is 0 Å². The molecule has 288 valence electrons. The molecule has 5 rings (SSSR count). The van der Waals surface area contributed by atoms with Crippen molar-refractivity contribution in [3.05, 3.63) is 122 Å². The van der Waals surface area contributed by atoms with E-state index >= 15 is 0 Å². The first-order chi connectivity index (χ1) is 24.8. The molecule has 0 aliphatic rings.